The highest BCUT2D eigenvalue weighted by Crippen LogP contribution is 2.24. The Bertz CT molecular complexity index is 429. The van der Waals surface area contributed by atoms with E-state index in [1.807, 2.05) is 14.1 Å². The van der Waals surface area contributed by atoms with Gasteiger partial charge in [0.05, 0.1) is 6.10 Å². The minimum atomic E-state index is -0.167. The van der Waals surface area contributed by atoms with Crippen molar-refractivity contribution in [3.8, 4) is 0 Å². The average molecular weight is 286 g/mol. The third-order valence-corrected chi connectivity index (χ3v) is 3.47. The van der Waals surface area contributed by atoms with Crippen LogP contribution in [0.1, 0.15) is 25.7 Å². The Hall–Kier alpha value is -1.14. The second-order valence-corrected chi connectivity index (χ2v) is 5.53. The number of nitrogens with one attached hydrogen (secondary N) is 1. The molecule has 1 heterocycles. The van der Waals surface area contributed by atoms with Gasteiger partial charge in [-0.15, -0.1) is 0 Å². The van der Waals surface area contributed by atoms with Gasteiger partial charge in [-0.3, -0.25) is 0 Å². The Morgan fingerprint density at radius 2 is 2.11 bits per heavy atom. The second kappa shape index (κ2) is 6.34. The first-order chi connectivity index (χ1) is 9.04. The van der Waals surface area contributed by atoms with E-state index in [0.29, 0.717) is 17.8 Å². The summed E-state index contributed by atoms with van der Waals surface area (Å²) in [5.41, 5.74) is 0. The molecule has 0 bridgehead atoms. The fourth-order valence-corrected chi connectivity index (χ4v) is 2.46. The smallest absolute Gasteiger partial charge is 0.230 e. The van der Waals surface area contributed by atoms with E-state index in [1.165, 1.54) is 0 Å². The number of nitrogens with zero attached hydrogens (tertiary/aromatic N) is 4. The molecule has 1 saturated carbocycles. The lowest BCUT2D eigenvalue weighted by Crippen LogP contribution is -2.25. The molecule has 2 atom stereocenters. The monoisotopic (exact) mass is 285 g/mol. The summed E-state index contributed by atoms with van der Waals surface area (Å²) in [5.74, 6) is 1.48. The van der Waals surface area contributed by atoms with Crippen LogP contribution in [0.4, 0.5) is 11.9 Å². The van der Waals surface area contributed by atoms with Crippen LogP contribution in [-0.4, -0.2) is 46.8 Å². The van der Waals surface area contributed by atoms with Gasteiger partial charge in [-0.05, 0) is 36.8 Å². The molecule has 0 radical (unpaired) electrons. The molecule has 1 fully saturated rings. The molecule has 2 N–H and O–H groups in total. The zero-order valence-corrected chi connectivity index (χ0v) is 12.1. The summed E-state index contributed by atoms with van der Waals surface area (Å²) in [4.78, 5) is 14.2. The zero-order chi connectivity index (χ0) is 13.8. The number of aliphatic hydroxyl groups excluding tert-OH is 1. The van der Waals surface area contributed by atoms with E-state index in [1.54, 1.807) is 4.90 Å². The average Bonchev–Trinajstić information content (AvgIpc) is 2.36. The highest BCUT2D eigenvalue weighted by Gasteiger charge is 2.20. The topological polar surface area (TPSA) is 74.2 Å². The number of hydrogen-bond donors (Lipinski definition) is 2. The van der Waals surface area contributed by atoms with Crippen molar-refractivity contribution in [2.24, 2.45) is 5.92 Å². The molecule has 1 aliphatic carbocycles. The van der Waals surface area contributed by atoms with Gasteiger partial charge in [0, 0.05) is 20.6 Å². The summed E-state index contributed by atoms with van der Waals surface area (Å²) in [5, 5.41) is 13.0. The van der Waals surface area contributed by atoms with Crippen LogP contribution in [0.25, 0.3) is 0 Å². The quantitative estimate of drug-likeness (QED) is 0.874. The molecule has 1 aliphatic rings. The van der Waals surface area contributed by atoms with Gasteiger partial charge in [-0.2, -0.15) is 15.0 Å². The highest BCUT2D eigenvalue weighted by molar-refractivity contribution is 6.28. The highest BCUT2D eigenvalue weighted by atomic mass is 35.5. The van der Waals surface area contributed by atoms with Gasteiger partial charge in [0.15, 0.2) is 0 Å². The fraction of sp³-hybridized carbons (Fsp3) is 0.750. The molecule has 2 rings (SSSR count). The molecule has 1 aromatic rings. The molecular weight excluding hydrogens is 266 g/mol. The second-order valence-electron chi connectivity index (χ2n) is 5.19. The van der Waals surface area contributed by atoms with Crippen LogP contribution in [0, 0.1) is 5.92 Å². The maximum Gasteiger partial charge on any atom is 0.230 e. The number of hydrogen-bond acceptors (Lipinski definition) is 6. The Balaban J connectivity index is 1.95. The number of aliphatic hydroxyl groups is 1. The summed E-state index contributed by atoms with van der Waals surface area (Å²) in [6, 6.07) is 0. The number of halogens is 1. The lowest BCUT2D eigenvalue weighted by atomic mass is 9.87. The van der Waals surface area contributed by atoms with E-state index in [0.717, 1.165) is 32.2 Å². The number of rotatable bonds is 4. The van der Waals surface area contributed by atoms with Crippen molar-refractivity contribution in [3.05, 3.63) is 5.28 Å². The van der Waals surface area contributed by atoms with Crippen molar-refractivity contribution in [1.29, 1.82) is 0 Å². The third-order valence-electron chi connectivity index (χ3n) is 3.30. The molecule has 1 aromatic heterocycles. The minimum Gasteiger partial charge on any atom is -0.393 e. The zero-order valence-electron chi connectivity index (χ0n) is 11.3. The van der Waals surface area contributed by atoms with Gasteiger partial charge >= 0.3 is 0 Å². The standard InChI is InChI=1S/C12H20ClN5O/c1-18(2)12-16-10(13)15-11(17-12)14-7-8-4-3-5-9(19)6-8/h8-9,19H,3-7H2,1-2H3,(H,14,15,16,17). The van der Waals surface area contributed by atoms with Crippen molar-refractivity contribution >= 4 is 23.5 Å². The third kappa shape index (κ3) is 4.18. The lowest BCUT2D eigenvalue weighted by Gasteiger charge is -2.25. The van der Waals surface area contributed by atoms with E-state index in [-0.39, 0.29) is 11.4 Å². The molecule has 106 valence electrons. The van der Waals surface area contributed by atoms with Crippen LogP contribution in [0.3, 0.4) is 0 Å². The maximum atomic E-state index is 9.64. The lowest BCUT2D eigenvalue weighted by molar-refractivity contribution is 0.104. The molecule has 0 amide bonds. The van der Waals surface area contributed by atoms with Crippen LogP contribution >= 0.6 is 11.6 Å². The Kier molecular flexibility index (Phi) is 4.76. The van der Waals surface area contributed by atoms with Gasteiger partial charge in [-0.25, -0.2) is 0 Å². The predicted molar refractivity (Wildman–Crippen MR) is 75.6 cm³/mol. The largest absolute Gasteiger partial charge is 0.393 e. The molecule has 6 nitrogen and oxygen atoms in total. The summed E-state index contributed by atoms with van der Waals surface area (Å²) in [6.07, 6.45) is 3.79. The molecule has 2 unspecified atom stereocenters. The first kappa shape index (κ1) is 14.3. The Labute approximate surface area is 118 Å². The van der Waals surface area contributed by atoms with Gasteiger partial charge in [0.1, 0.15) is 0 Å². The molecule has 0 saturated heterocycles. The fourth-order valence-electron chi connectivity index (χ4n) is 2.30. The first-order valence-corrected chi connectivity index (χ1v) is 6.93. The van der Waals surface area contributed by atoms with E-state index >= 15 is 0 Å². The van der Waals surface area contributed by atoms with Gasteiger partial charge < -0.3 is 15.3 Å². The molecule has 0 spiro atoms. The van der Waals surface area contributed by atoms with E-state index in [4.69, 9.17) is 11.6 Å². The van der Waals surface area contributed by atoms with Gasteiger partial charge in [-0.1, -0.05) is 6.42 Å². The molecule has 7 heteroatoms. The maximum absolute atomic E-state index is 9.64. The van der Waals surface area contributed by atoms with Crippen molar-refractivity contribution in [1.82, 2.24) is 15.0 Å². The molecule has 0 aliphatic heterocycles. The normalized spacial score (nSPS) is 23.2. The summed E-state index contributed by atoms with van der Waals surface area (Å²) in [7, 11) is 3.71. The van der Waals surface area contributed by atoms with Crippen molar-refractivity contribution in [2.75, 3.05) is 30.9 Å². The molecule has 0 aromatic carbocycles. The van der Waals surface area contributed by atoms with E-state index < -0.39 is 0 Å². The van der Waals surface area contributed by atoms with Crippen LogP contribution < -0.4 is 10.2 Å². The molecule has 19 heavy (non-hydrogen) atoms. The number of anilines is 2. The van der Waals surface area contributed by atoms with Crippen LogP contribution in [-0.2, 0) is 0 Å². The Morgan fingerprint density at radius 3 is 2.79 bits per heavy atom. The summed E-state index contributed by atoms with van der Waals surface area (Å²) >= 11 is 5.87. The SMILES string of the molecule is CN(C)c1nc(Cl)nc(NCC2CCCC(O)C2)n1. The van der Waals surface area contributed by atoms with E-state index in [9.17, 15) is 5.11 Å². The molecular formula is C12H20ClN5O. The van der Waals surface area contributed by atoms with Crippen LogP contribution in [0.15, 0.2) is 0 Å². The minimum absolute atomic E-state index is 0.167. The van der Waals surface area contributed by atoms with Crippen LogP contribution in [0.5, 0.6) is 0 Å². The van der Waals surface area contributed by atoms with Crippen molar-refractivity contribution in [2.45, 2.75) is 31.8 Å². The van der Waals surface area contributed by atoms with Crippen molar-refractivity contribution in [3.63, 3.8) is 0 Å². The van der Waals surface area contributed by atoms with Gasteiger partial charge in [0.25, 0.3) is 0 Å². The Morgan fingerprint density at radius 1 is 1.32 bits per heavy atom. The van der Waals surface area contributed by atoms with Crippen molar-refractivity contribution < 1.29 is 5.11 Å². The summed E-state index contributed by atoms with van der Waals surface area (Å²) < 4.78 is 0. The van der Waals surface area contributed by atoms with E-state index in [2.05, 4.69) is 20.3 Å². The first-order valence-electron chi connectivity index (χ1n) is 6.55. The predicted octanol–water partition coefficient (Wildman–Crippen LogP) is 1.55. The number of aromatic nitrogens is 3. The van der Waals surface area contributed by atoms with Gasteiger partial charge in [0.2, 0.25) is 17.2 Å². The van der Waals surface area contributed by atoms with Crippen LogP contribution in [0.2, 0.25) is 5.28 Å². The summed E-state index contributed by atoms with van der Waals surface area (Å²) in [6.45, 7) is 0.754.